The van der Waals surface area contributed by atoms with Crippen LogP contribution < -0.4 is 10.6 Å². The van der Waals surface area contributed by atoms with Crippen molar-refractivity contribution in [2.24, 2.45) is 4.99 Å². The number of furan rings is 1. The average Bonchev–Trinajstić information content (AvgIpc) is 3.26. The second-order valence-corrected chi connectivity index (χ2v) is 7.99. The third-order valence-corrected chi connectivity index (χ3v) is 5.37. The number of nitrogens with zero attached hydrogens (tertiary/aromatic N) is 3. The molecule has 7 heteroatoms. The molecule has 2 N–H and O–H groups in total. The molecule has 0 aliphatic carbocycles. The van der Waals surface area contributed by atoms with Crippen molar-refractivity contribution in [3.05, 3.63) is 59.5 Å². The number of rotatable bonds is 8. The van der Waals surface area contributed by atoms with Crippen LogP contribution in [0, 0.1) is 0 Å². The van der Waals surface area contributed by atoms with Gasteiger partial charge in [0.05, 0.1) is 12.3 Å². The van der Waals surface area contributed by atoms with Crippen LogP contribution in [0.2, 0.25) is 0 Å². The highest BCUT2D eigenvalue weighted by atomic mass is 127. The van der Waals surface area contributed by atoms with Crippen LogP contribution in [0.1, 0.15) is 42.2 Å². The van der Waals surface area contributed by atoms with E-state index in [0.29, 0.717) is 0 Å². The fourth-order valence-electron chi connectivity index (χ4n) is 3.85. The van der Waals surface area contributed by atoms with Crippen LogP contribution in [0.5, 0.6) is 0 Å². The highest BCUT2D eigenvalue weighted by Crippen LogP contribution is 2.24. The molecule has 1 aliphatic rings. The van der Waals surface area contributed by atoms with E-state index < -0.39 is 0 Å². The van der Waals surface area contributed by atoms with Gasteiger partial charge in [0.1, 0.15) is 5.76 Å². The topological polar surface area (TPSA) is 56.0 Å². The Kier molecular flexibility index (Phi) is 10.7. The number of guanidine groups is 1. The molecule has 1 unspecified atom stereocenters. The zero-order valence-electron chi connectivity index (χ0n) is 18.4. The van der Waals surface area contributed by atoms with E-state index in [1.54, 1.807) is 6.26 Å². The van der Waals surface area contributed by atoms with E-state index in [0.717, 1.165) is 44.4 Å². The van der Waals surface area contributed by atoms with Crippen molar-refractivity contribution >= 4 is 29.9 Å². The standard InChI is InChI=1S/C23H35N5O.HI/c1-24-23(25-16-19-9-11-20(12-10-19)18-27(2)3)26-17-21(22-8-7-15-29-22)28-13-5-4-6-14-28;/h7-12,15,21H,4-6,13-14,16-18H2,1-3H3,(H2,24,25,26);1H. The van der Waals surface area contributed by atoms with Gasteiger partial charge in [-0.1, -0.05) is 30.7 Å². The fourth-order valence-corrected chi connectivity index (χ4v) is 3.85. The van der Waals surface area contributed by atoms with Gasteiger partial charge >= 0.3 is 0 Å². The molecule has 1 aromatic heterocycles. The number of hydrogen-bond donors (Lipinski definition) is 2. The van der Waals surface area contributed by atoms with Gasteiger partial charge in [-0.05, 0) is 63.3 Å². The first kappa shape index (κ1) is 24.7. The number of likely N-dealkylation sites (tertiary alicyclic amines) is 1. The number of piperidine rings is 1. The monoisotopic (exact) mass is 525 g/mol. The first-order valence-corrected chi connectivity index (χ1v) is 10.6. The molecule has 1 fully saturated rings. The molecule has 0 radical (unpaired) electrons. The smallest absolute Gasteiger partial charge is 0.191 e. The average molecular weight is 525 g/mol. The predicted octanol–water partition coefficient (Wildman–Crippen LogP) is 3.85. The fraction of sp³-hybridized carbons (Fsp3) is 0.522. The van der Waals surface area contributed by atoms with E-state index in [1.807, 2.05) is 13.1 Å². The molecular formula is C23H36IN5O. The molecule has 1 aliphatic heterocycles. The largest absolute Gasteiger partial charge is 0.468 e. The van der Waals surface area contributed by atoms with Gasteiger partial charge in [-0.3, -0.25) is 9.89 Å². The summed E-state index contributed by atoms with van der Waals surface area (Å²) in [6.45, 7) is 4.73. The van der Waals surface area contributed by atoms with Crippen molar-refractivity contribution in [2.75, 3.05) is 40.8 Å². The summed E-state index contributed by atoms with van der Waals surface area (Å²) in [6.07, 6.45) is 5.60. The second kappa shape index (κ2) is 13.0. The zero-order valence-corrected chi connectivity index (χ0v) is 20.8. The van der Waals surface area contributed by atoms with E-state index in [1.165, 1.54) is 30.4 Å². The molecule has 2 heterocycles. The van der Waals surface area contributed by atoms with E-state index >= 15 is 0 Å². The molecule has 0 amide bonds. The lowest BCUT2D eigenvalue weighted by atomic mass is 10.1. The van der Waals surface area contributed by atoms with Crippen molar-refractivity contribution in [3.8, 4) is 0 Å². The van der Waals surface area contributed by atoms with Crippen LogP contribution in [0.15, 0.2) is 52.1 Å². The Morgan fingerprint density at radius 3 is 2.37 bits per heavy atom. The maximum absolute atomic E-state index is 5.74. The van der Waals surface area contributed by atoms with Crippen molar-refractivity contribution < 1.29 is 4.42 Å². The zero-order chi connectivity index (χ0) is 20.5. The number of aliphatic imine (C=N–C) groups is 1. The van der Waals surface area contributed by atoms with Gasteiger partial charge in [0.25, 0.3) is 0 Å². The third kappa shape index (κ3) is 7.59. The molecule has 6 nitrogen and oxygen atoms in total. The van der Waals surface area contributed by atoms with Crippen LogP contribution in [-0.2, 0) is 13.1 Å². The van der Waals surface area contributed by atoms with Gasteiger partial charge in [0.2, 0.25) is 0 Å². The Hall–Kier alpha value is -1.58. The van der Waals surface area contributed by atoms with Crippen molar-refractivity contribution in [1.82, 2.24) is 20.4 Å². The summed E-state index contributed by atoms with van der Waals surface area (Å²) in [5.41, 5.74) is 2.57. The minimum atomic E-state index is 0. The number of benzene rings is 1. The Bertz CT molecular complexity index is 739. The third-order valence-electron chi connectivity index (χ3n) is 5.37. The lowest BCUT2D eigenvalue weighted by molar-refractivity contribution is 0.146. The molecular weight excluding hydrogens is 489 g/mol. The van der Waals surface area contributed by atoms with Crippen LogP contribution in [0.4, 0.5) is 0 Å². The van der Waals surface area contributed by atoms with E-state index in [9.17, 15) is 0 Å². The lowest BCUT2D eigenvalue weighted by Crippen LogP contribution is -2.44. The minimum Gasteiger partial charge on any atom is -0.468 e. The first-order valence-electron chi connectivity index (χ1n) is 10.6. The Balaban J connectivity index is 0.00000320. The van der Waals surface area contributed by atoms with E-state index in [-0.39, 0.29) is 30.0 Å². The Morgan fingerprint density at radius 1 is 1.07 bits per heavy atom. The van der Waals surface area contributed by atoms with E-state index in [4.69, 9.17) is 4.42 Å². The molecule has 1 atom stereocenters. The Labute approximate surface area is 198 Å². The number of halogens is 1. The van der Waals surface area contributed by atoms with Crippen LogP contribution in [0.25, 0.3) is 0 Å². The molecule has 1 aromatic carbocycles. The molecule has 0 spiro atoms. The van der Waals surface area contributed by atoms with Crippen molar-refractivity contribution in [2.45, 2.75) is 38.4 Å². The highest BCUT2D eigenvalue weighted by Gasteiger charge is 2.24. The summed E-state index contributed by atoms with van der Waals surface area (Å²) < 4.78 is 5.74. The molecule has 0 saturated carbocycles. The summed E-state index contributed by atoms with van der Waals surface area (Å²) >= 11 is 0. The van der Waals surface area contributed by atoms with Crippen molar-refractivity contribution in [3.63, 3.8) is 0 Å². The van der Waals surface area contributed by atoms with Gasteiger partial charge < -0.3 is 20.0 Å². The molecule has 30 heavy (non-hydrogen) atoms. The number of hydrogen-bond acceptors (Lipinski definition) is 4. The summed E-state index contributed by atoms with van der Waals surface area (Å²) in [4.78, 5) is 9.09. The Morgan fingerprint density at radius 2 is 1.77 bits per heavy atom. The van der Waals surface area contributed by atoms with Crippen molar-refractivity contribution in [1.29, 1.82) is 0 Å². The second-order valence-electron chi connectivity index (χ2n) is 7.99. The van der Waals surface area contributed by atoms with Gasteiger partial charge in [0, 0.05) is 26.7 Å². The first-order chi connectivity index (χ1) is 14.2. The molecule has 166 valence electrons. The minimum absolute atomic E-state index is 0. The van der Waals surface area contributed by atoms with E-state index in [2.05, 4.69) is 69.9 Å². The number of nitrogens with one attached hydrogen (secondary N) is 2. The quantitative estimate of drug-likeness (QED) is 0.312. The molecule has 1 saturated heterocycles. The SMILES string of the molecule is CN=C(NCc1ccc(CN(C)C)cc1)NCC(c1ccco1)N1CCCCC1.I. The lowest BCUT2D eigenvalue weighted by Gasteiger charge is -2.33. The maximum Gasteiger partial charge on any atom is 0.191 e. The highest BCUT2D eigenvalue weighted by molar-refractivity contribution is 14.0. The van der Waals surface area contributed by atoms with Gasteiger partial charge in [-0.2, -0.15) is 0 Å². The molecule has 0 bridgehead atoms. The van der Waals surface area contributed by atoms with Gasteiger partial charge in [-0.25, -0.2) is 0 Å². The van der Waals surface area contributed by atoms with Gasteiger partial charge in [-0.15, -0.1) is 24.0 Å². The molecule has 2 aromatic rings. The summed E-state index contributed by atoms with van der Waals surface area (Å²) in [5.74, 6) is 1.84. The normalized spacial score (nSPS) is 16.2. The van der Waals surface area contributed by atoms with Crippen LogP contribution in [-0.4, -0.2) is 56.5 Å². The van der Waals surface area contributed by atoms with Gasteiger partial charge in [0.15, 0.2) is 5.96 Å². The summed E-state index contributed by atoms with van der Waals surface area (Å²) in [7, 11) is 5.99. The molecule has 3 rings (SSSR count). The summed E-state index contributed by atoms with van der Waals surface area (Å²) in [5, 5.41) is 6.92. The van der Waals surface area contributed by atoms with Crippen LogP contribution in [0.3, 0.4) is 0 Å². The summed E-state index contributed by atoms with van der Waals surface area (Å²) in [6, 6.07) is 13.0. The van der Waals surface area contributed by atoms with Crippen LogP contribution >= 0.6 is 24.0 Å². The predicted molar refractivity (Wildman–Crippen MR) is 134 cm³/mol. The maximum atomic E-state index is 5.74.